The molecule has 0 spiro atoms. The Morgan fingerprint density at radius 1 is 0.917 bits per heavy atom. The van der Waals surface area contributed by atoms with E-state index in [1.165, 1.54) is 11.1 Å². The second-order valence-corrected chi connectivity index (χ2v) is 6.08. The second-order valence-electron chi connectivity index (χ2n) is 6.08. The molecular weight excluding hydrogens is 298 g/mol. The molecule has 0 amide bonds. The van der Waals surface area contributed by atoms with Crippen LogP contribution in [0, 0.1) is 0 Å². The van der Waals surface area contributed by atoms with E-state index >= 15 is 0 Å². The zero-order valence-electron chi connectivity index (χ0n) is 14.1. The SMILES string of the molecule is CNC(C)Cc1noc(CC(c2ccccc2)c2ccccc2)n1. The molecule has 1 N–H and O–H groups in total. The topological polar surface area (TPSA) is 51.0 Å². The summed E-state index contributed by atoms with van der Waals surface area (Å²) in [5.74, 6) is 1.65. The van der Waals surface area contributed by atoms with Gasteiger partial charge in [-0.25, -0.2) is 0 Å². The van der Waals surface area contributed by atoms with Gasteiger partial charge in [-0.1, -0.05) is 65.8 Å². The zero-order valence-corrected chi connectivity index (χ0v) is 14.1. The van der Waals surface area contributed by atoms with Crippen LogP contribution in [0.25, 0.3) is 0 Å². The Labute approximate surface area is 142 Å². The fraction of sp³-hybridized carbons (Fsp3) is 0.300. The molecular formula is C20H23N3O. The van der Waals surface area contributed by atoms with E-state index < -0.39 is 0 Å². The number of hydrogen-bond acceptors (Lipinski definition) is 4. The quantitative estimate of drug-likeness (QED) is 0.722. The summed E-state index contributed by atoms with van der Waals surface area (Å²) in [6.07, 6.45) is 1.47. The highest BCUT2D eigenvalue weighted by molar-refractivity contribution is 5.33. The molecule has 0 aliphatic heterocycles. The number of likely N-dealkylation sites (N-methyl/N-ethyl adjacent to an activating group) is 1. The highest BCUT2D eigenvalue weighted by Gasteiger charge is 2.19. The van der Waals surface area contributed by atoms with Gasteiger partial charge in [0.2, 0.25) is 5.89 Å². The average Bonchev–Trinajstić information content (AvgIpc) is 3.08. The molecule has 124 valence electrons. The van der Waals surface area contributed by atoms with Gasteiger partial charge >= 0.3 is 0 Å². The third-order valence-electron chi connectivity index (χ3n) is 4.27. The van der Waals surface area contributed by atoms with E-state index in [2.05, 4.69) is 70.9 Å². The van der Waals surface area contributed by atoms with E-state index in [-0.39, 0.29) is 5.92 Å². The van der Waals surface area contributed by atoms with Crippen LogP contribution < -0.4 is 5.32 Å². The number of benzene rings is 2. The fourth-order valence-corrected chi connectivity index (χ4v) is 2.81. The molecule has 0 saturated carbocycles. The largest absolute Gasteiger partial charge is 0.339 e. The maximum absolute atomic E-state index is 5.49. The van der Waals surface area contributed by atoms with Crippen molar-refractivity contribution < 1.29 is 4.52 Å². The molecule has 4 nitrogen and oxygen atoms in total. The third kappa shape index (κ3) is 4.09. The molecule has 1 aromatic heterocycles. The first-order chi connectivity index (χ1) is 11.8. The third-order valence-corrected chi connectivity index (χ3v) is 4.27. The highest BCUT2D eigenvalue weighted by Crippen LogP contribution is 2.27. The van der Waals surface area contributed by atoms with E-state index in [1.54, 1.807) is 0 Å². The van der Waals surface area contributed by atoms with Crippen molar-refractivity contribution in [2.75, 3.05) is 7.05 Å². The van der Waals surface area contributed by atoms with Gasteiger partial charge in [-0.05, 0) is 25.1 Å². The minimum Gasteiger partial charge on any atom is -0.339 e. The smallest absolute Gasteiger partial charge is 0.227 e. The zero-order chi connectivity index (χ0) is 16.8. The summed E-state index contributed by atoms with van der Waals surface area (Å²) in [5, 5.41) is 7.31. The number of nitrogens with zero attached hydrogens (tertiary/aromatic N) is 2. The predicted molar refractivity (Wildman–Crippen MR) is 95.0 cm³/mol. The molecule has 1 unspecified atom stereocenters. The van der Waals surface area contributed by atoms with Gasteiger partial charge < -0.3 is 9.84 Å². The van der Waals surface area contributed by atoms with Crippen molar-refractivity contribution in [2.24, 2.45) is 0 Å². The summed E-state index contributed by atoms with van der Waals surface area (Å²) >= 11 is 0. The predicted octanol–water partition coefficient (Wildman–Crippen LogP) is 3.59. The van der Waals surface area contributed by atoms with Gasteiger partial charge in [-0.3, -0.25) is 0 Å². The molecule has 3 aromatic rings. The van der Waals surface area contributed by atoms with E-state index in [9.17, 15) is 0 Å². The van der Waals surface area contributed by atoms with Crippen LogP contribution in [0.5, 0.6) is 0 Å². The lowest BCUT2D eigenvalue weighted by Crippen LogP contribution is -2.24. The van der Waals surface area contributed by atoms with Crippen LogP contribution in [0.4, 0.5) is 0 Å². The van der Waals surface area contributed by atoms with Crippen molar-refractivity contribution in [3.05, 3.63) is 83.5 Å². The van der Waals surface area contributed by atoms with Crippen LogP contribution >= 0.6 is 0 Å². The Bertz CT molecular complexity index is 700. The summed E-state index contributed by atoms with van der Waals surface area (Å²) in [5.41, 5.74) is 2.51. The van der Waals surface area contributed by atoms with Gasteiger partial charge in [0.05, 0.1) is 0 Å². The molecule has 0 bridgehead atoms. The van der Waals surface area contributed by atoms with Crippen molar-refractivity contribution in [3.8, 4) is 0 Å². The number of nitrogens with one attached hydrogen (secondary N) is 1. The van der Waals surface area contributed by atoms with Crippen molar-refractivity contribution in [1.29, 1.82) is 0 Å². The molecule has 2 aromatic carbocycles. The van der Waals surface area contributed by atoms with Gasteiger partial charge in [-0.15, -0.1) is 0 Å². The number of aromatic nitrogens is 2. The summed E-state index contributed by atoms with van der Waals surface area (Å²) in [6.45, 7) is 2.10. The molecule has 0 saturated heterocycles. The second kappa shape index (κ2) is 7.88. The monoisotopic (exact) mass is 321 g/mol. The van der Waals surface area contributed by atoms with Crippen LogP contribution in [0.15, 0.2) is 65.2 Å². The van der Waals surface area contributed by atoms with Gasteiger partial charge in [0.1, 0.15) is 0 Å². The summed E-state index contributed by atoms with van der Waals surface area (Å²) in [4.78, 5) is 4.57. The number of rotatable bonds is 7. The van der Waals surface area contributed by atoms with Crippen LogP contribution in [-0.2, 0) is 12.8 Å². The van der Waals surface area contributed by atoms with Crippen molar-refractivity contribution in [2.45, 2.75) is 31.7 Å². The van der Waals surface area contributed by atoms with E-state index in [1.807, 2.05) is 19.2 Å². The maximum Gasteiger partial charge on any atom is 0.227 e. The molecule has 0 fully saturated rings. The lowest BCUT2D eigenvalue weighted by atomic mass is 9.88. The minimum atomic E-state index is 0.211. The molecule has 3 rings (SSSR count). The lowest BCUT2D eigenvalue weighted by Gasteiger charge is -2.16. The maximum atomic E-state index is 5.49. The first-order valence-corrected chi connectivity index (χ1v) is 8.35. The number of hydrogen-bond donors (Lipinski definition) is 1. The summed E-state index contributed by atoms with van der Waals surface area (Å²) in [6, 6.07) is 21.3. The average molecular weight is 321 g/mol. The van der Waals surface area contributed by atoms with Gasteiger partial charge in [0, 0.05) is 24.8 Å². The summed E-state index contributed by atoms with van der Waals surface area (Å²) < 4.78 is 5.49. The normalized spacial score (nSPS) is 12.5. The van der Waals surface area contributed by atoms with Crippen molar-refractivity contribution in [1.82, 2.24) is 15.5 Å². The molecule has 0 aliphatic rings. The fourth-order valence-electron chi connectivity index (χ4n) is 2.81. The molecule has 4 heteroatoms. The van der Waals surface area contributed by atoms with E-state index in [0.29, 0.717) is 18.4 Å². The van der Waals surface area contributed by atoms with Crippen LogP contribution in [0.1, 0.15) is 35.7 Å². The molecule has 1 atom stereocenters. The van der Waals surface area contributed by atoms with Crippen molar-refractivity contribution in [3.63, 3.8) is 0 Å². The summed E-state index contributed by atoms with van der Waals surface area (Å²) in [7, 11) is 1.94. The van der Waals surface area contributed by atoms with Gasteiger partial charge in [0.25, 0.3) is 0 Å². The van der Waals surface area contributed by atoms with Gasteiger partial charge in [0.15, 0.2) is 5.82 Å². The van der Waals surface area contributed by atoms with Crippen molar-refractivity contribution >= 4 is 0 Å². The Morgan fingerprint density at radius 3 is 2.04 bits per heavy atom. The van der Waals surface area contributed by atoms with Crippen LogP contribution in [-0.4, -0.2) is 23.2 Å². The minimum absolute atomic E-state index is 0.211. The Morgan fingerprint density at radius 2 is 1.50 bits per heavy atom. The Kier molecular flexibility index (Phi) is 5.39. The molecule has 0 aliphatic carbocycles. The van der Waals surface area contributed by atoms with Crippen LogP contribution in [0.2, 0.25) is 0 Å². The Balaban J connectivity index is 1.83. The molecule has 0 radical (unpaired) electrons. The lowest BCUT2D eigenvalue weighted by molar-refractivity contribution is 0.367. The molecule has 1 heterocycles. The molecule has 24 heavy (non-hydrogen) atoms. The van der Waals surface area contributed by atoms with E-state index in [0.717, 1.165) is 12.2 Å². The van der Waals surface area contributed by atoms with E-state index in [4.69, 9.17) is 4.52 Å². The Hall–Kier alpha value is -2.46. The van der Waals surface area contributed by atoms with Gasteiger partial charge in [-0.2, -0.15) is 4.98 Å². The first kappa shape index (κ1) is 16.4. The van der Waals surface area contributed by atoms with Crippen LogP contribution in [0.3, 0.4) is 0 Å². The standard InChI is InChI=1S/C20H23N3O/c1-15(21-2)13-19-22-20(24-23-19)14-18(16-9-5-3-6-10-16)17-11-7-4-8-12-17/h3-12,15,18,21H,13-14H2,1-2H3. The highest BCUT2D eigenvalue weighted by atomic mass is 16.5. The first-order valence-electron chi connectivity index (χ1n) is 8.35.